The number of likely N-dealkylation sites (N-methyl/N-ethyl adjacent to an activating group) is 1. The zero-order valence-corrected chi connectivity index (χ0v) is 8.11. The summed E-state index contributed by atoms with van der Waals surface area (Å²) in [5, 5.41) is 8.45. The number of carboxylic acids is 1. The molecule has 1 N–H and O–H groups in total. The van der Waals surface area contributed by atoms with Crippen molar-refractivity contribution < 1.29 is 19.4 Å². The molecule has 0 aliphatic rings. The number of carbonyl (C=O) groups excluding carboxylic acids is 1. The molecule has 0 aromatic carbocycles. The van der Waals surface area contributed by atoms with Crippen LogP contribution in [-0.4, -0.2) is 41.3 Å². The monoisotopic (exact) mass is 189 g/mol. The number of hydrogen-bond acceptors (Lipinski definition) is 3. The minimum atomic E-state index is -1.04. The molecule has 1 amide bonds. The van der Waals surface area contributed by atoms with Crippen molar-refractivity contribution in [1.29, 1.82) is 0 Å². The van der Waals surface area contributed by atoms with Crippen molar-refractivity contribution in [1.82, 2.24) is 4.90 Å². The lowest BCUT2D eigenvalue weighted by atomic mass is 10.5. The molecule has 13 heavy (non-hydrogen) atoms. The molecular formula is C8H15NO4. The van der Waals surface area contributed by atoms with Gasteiger partial charge in [0.1, 0.15) is 6.54 Å². The van der Waals surface area contributed by atoms with Crippen LogP contribution in [0.25, 0.3) is 0 Å². The van der Waals surface area contributed by atoms with E-state index in [1.165, 1.54) is 0 Å². The van der Waals surface area contributed by atoms with Gasteiger partial charge in [0.05, 0.1) is 6.10 Å². The molecule has 0 saturated carbocycles. The van der Waals surface area contributed by atoms with Gasteiger partial charge in [-0.3, -0.25) is 9.69 Å². The van der Waals surface area contributed by atoms with E-state index in [0.29, 0.717) is 6.54 Å². The first-order valence-corrected chi connectivity index (χ1v) is 4.14. The molecule has 5 nitrogen and oxygen atoms in total. The van der Waals surface area contributed by atoms with Crippen LogP contribution in [-0.2, 0) is 9.53 Å². The Morgan fingerprint density at radius 2 is 2.00 bits per heavy atom. The fourth-order valence-electron chi connectivity index (χ4n) is 0.745. The van der Waals surface area contributed by atoms with Gasteiger partial charge in [-0.1, -0.05) is 0 Å². The summed E-state index contributed by atoms with van der Waals surface area (Å²) in [6.45, 7) is 5.14. The minimum Gasteiger partial charge on any atom is -0.480 e. The summed E-state index contributed by atoms with van der Waals surface area (Å²) in [5.41, 5.74) is 0. The zero-order valence-electron chi connectivity index (χ0n) is 8.11. The molecule has 0 aliphatic heterocycles. The van der Waals surface area contributed by atoms with Gasteiger partial charge in [0, 0.05) is 6.54 Å². The number of amides is 1. The molecule has 0 unspecified atom stereocenters. The highest BCUT2D eigenvalue weighted by atomic mass is 16.6. The molecule has 0 heterocycles. The van der Waals surface area contributed by atoms with Gasteiger partial charge in [-0.15, -0.1) is 0 Å². The molecule has 0 atom stereocenters. The van der Waals surface area contributed by atoms with Crippen LogP contribution in [0, 0.1) is 0 Å². The van der Waals surface area contributed by atoms with Crippen molar-refractivity contribution in [2.75, 3.05) is 13.1 Å². The third-order valence-electron chi connectivity index (χ3n) is 1.30. The van der Waals surface area contributed by atoms with Crippen molar-refractivity contribution in [3.63, 3.8) is 0 Å². The predicted octanol–water partition coefficient (Wildman–Crippen LogP) is 0.938. The summed E-state index contributed by atoms with van der Waals surface area (Å²) in [6.07, 6.45) is -0.810. The zero-order chi connectivity index (χ0) is 10.4. The Labute approximate surface area is 77.3 Å². The van der Waals surface area contributed by atoms with E-state index < -0.39 is 12.1 Å². The summed E-state index contributed by atoms with van der Waals surface area (Å²) >= 11 is 0. The average Bonchev–Trinajstić information content (AvgIpc) is 1.98. The van der Waals surface area contributed by atoms with Crippen LogP contribution in [0.15, 0.2) is 0 Å². The third-order valence-corrected chi connectivity index (χ3v) is 1.30. The summed E-state index contributed by atoms with van der Waals surface area (Å²) in [4.78, 5) is 22.6. The first kappa shape index (κ1) is 11.7. The molecule has 0 rings (SSSR count). The fraction of sp³-hybridized carbons (Fsp3) is 0.750. The maximum atomic E-state index is 11.2. The molecule has 0 fully saturated rings. The summed E-state index contributed by atoms with van der Waals surface area (Å²) < 4.78 is 4.83. The maximum absolute atomic E-state index is 11.2. The number of nitrogens with zero attached hydrogens (tertiary/aromatic N) is 1. The third kappa shape index (κ3) is 5.05. The highest BCUT2D eigenvalue weighted by molar-refractivity contribution is 5.76. The largest absolute Gasteiger partial charge is 0.480 e. The first-order chi connectivity index (χ1) is 5.97. The van der Waals surface area contributed by atoms with Gasteiger partial charge in [0.25, 0.3) is 0 Å². The van der Waals surface area contributed by atoms with E-state index in [4.69, 9.17) is 9.84 Å². The molecule has 0 radical (unpaired) electrons. The van der Waals surface area contributed by atoms with Crippen molar-refractivity contribution in [3.8, 4) is 0 Å². The van der Waals surface area contributed by atoms with E-state index >= 15 is 0 Å². The number of ether oxygens (including phenoxy) is 1. The molecular weight excluding hydrogens is 174 g/mol. The maximum Gasteiger partial charge on any atom is 0.410 e. The van der Waals surface area contributed by atoms with E-state index in [9.17, 15) is 9.59 Å². The minimum absolute atomic E-state index is 0.227. The van der Waals surface area contributed by atoms with Gasteiger partial charge in [-0.25, -0.2) is 4.79 Å². The number of carboxylic acid groups (broad SMARTS) is 1. The van der Waals surface area contributed by atoms with Gasteiger partial charge in [0.2, 0.25) is 0 Å². The number of aliphatic carboxylic acids is 1. The highest BCUT2D eigenvalue weighted by Gasteiger charge is 2.16. The second kappa shape index (κ2) is 5.40. The molecule has 0 aliphatic carbocycles. The van der Waals surface area contributed by atoms with Crippen molar-refractivity contribution in [2.24, 2.45) is 0 Å². The van der Waals surface area contributed by atoms with E-state index in [0.717, 1.165) is 4.90 Å². The Kier molecular flexibility index (Phi) is 4.87. The van der Waals surface area contributed by atoms with Crippen LogP contribution in [0.5, 0.6) is 0 Å². The Morgan fingerprint density at radius 1 is 1.46 bits per heavy atom. The van der Waals surface area contributed by atoms with Crippen molar-refractivity contribution in [2.45, 2.75) is 26.9 Å². The fourth-order valence-corrected chi connectivity index (χ4v) is 0.745. The van der Waals surface area contributed by atoms with E-state index in [2.05, 4.69) is 0 Å². The quantitative estimate of drug-likeness (QED) is 0.714. The van der Waals surface area contributed by atoms with Crippen molar-refractivity contribution >= 4 is 12.1 Å². The second-order valence-corrected chi connectivity index (χ2v) is 2.84. The second-order valence-electron chi connectivity index (χ2n) is 2.84. The van der Waals surface area contributed by atoms with E-state index in [1.807, 2.05) is 0 Å². The van der Waals surface area contributed by atoms with Gasteiger partial charge in [-0.2, -0.15) is 0 Å². The topological polar surface area (TPSA) is 66.8 Å². The van der Waals surface area contributed by atoms with Crippen LogP contribution in [0.1, 0.15) is 20.8 Å². The van der Waals surface area contributed by atoms with Gasteiger partial charge >= 0.3 is 12.1 Å². The van der Waals surface area contributed by atoms with Gasteiger partial charge in [-0.05, 0) is 20.8 Å². The average molecular weight is 189 g/mol. The van der Waals surface area contributed by atoms with Crippen LogP contribution < -0.4 is 0 Å². The number of rotatable bonds is 4. The number of hydrogen-bond donors (Lipinski definition) is 1. The van der Waals surface area contributed by atoms with Crippen LogP contribution in [0.2, 0.25) is 0 Å². The van der Waals surface area contributed by atoms with Gasteiger partial charge in [0.15, 0.2) is 0 Å². The number of carbonyl (C=O) groups is 2. The van der Waals surface area contributed by atoms with Gasteiger partial charge < -0.3 is 9.84 Å². The first-order valence-electron chi connectivity index (χ1n) is 4.14. The smallest absolute Gasteiger partial charge is 0.410 e. The highest BCUT2D eigenvalue weighted by Crippen LogP contribution is 1.97. The predicted molar refractivity (Wildman–Crippen MR) is 46.5 cm³/mol. The van der Waals surface area contributed by atoms with Crippen LogP contribution in [0.3, 0.4) is 0 Å². The molecule has 76 valence electrons. The Balaban J connectivity index is 4.07. The molecule has 0 aromatic rings. The summed E-state index contributed by atoms with van der Waals surface area (Å²) in [6, 6.07) is 0. The lowest BCUT2D eigenvalue weighted by Gasteiger charge is -2.19. The SMILES string of the molecule is CCN(CC(=O)O)C(=O)OC(C)C. The van der Waals surface area contributed by atoms with E-state index in [-0.39, 0.29) is 12.6 Å². The normalized spacial score (nSPS) is 9.85. The molecule has 0 spiro atoms. The lowest BCUT2D eigenvalue weighted by molar-refractivity contribution is -0.138. The van der Waals surface area contributed by atoms with E-state index in [1.54, 1.807) is 20.8 Å². The van der Waals surface area contributed by atoms with Crippen molar-refractivity contribution in [3.05, 3.63) is 0 Å². The standard InChI is InChI=1S/C8H15NO4/c1-4-9(5-7(10)11)8(12)13-6(2)3/h6H,4-5H2,1-3H3,(H,10,11). The lowest BCUT2D eigenvalue weighted by Crippen LogP contribution is -2.36. The summed E-state index contributed by atoms with van der Waals surface area (Å²) in [7, 11) is 0. The molecule has 0 saturated heterocycles. The van der Waals surface area contributed by atoms with Crippen LogP contribution in [0.4, 0.5) is 4.79 Å². The summed E-state index contributed by atoms with van der Waals surface area (Å²) in [5.74, 6) is -1.04. The Hall–Kier alpha value is -1.26. The molecule has 0 bridgehead atoms. The molecule has 5 heteroatoms. The Bertz CT molecular complexity index is 191. The Morgan fingerprint density at radius 3 is 2.31 bits per heavy atom. The van der Waals surface area contributed by atoms with Crippen LogP contribution >= 0.6 is 0 Å². The molecule has 0 aromatic heterocycles.